The summed E-state index contributed by atoms with van der Waals surface area (Å²) in [5.74, 6) is 1.70. The van der Waals surface area contributed by atoms with Gasteiger partial charge in [-0.3, -0.25) is 0 Å². The van der Waals surface area contributed by atoms with Gasteiger partial charge in [-0.2, -0.15) is 4.98 Å². The summed E-state index contributed by atoms with van der Waals surface area (Å²) >= 11 is 0. The Bertz CT molecular complexity index is 672. The van der Waals surface area contributed by atoms with E-state index in [2.05, 4.69) is 20.2 Å². The van der Waals surface area contributed by atoms with E-state index in [9.17, 15) is 4.39 Å². The molecule has 3 rings (SSSR count). The molecule has 0 bridgehead atoms. The first-order valence-electron chi connectivity index (χ1n) is 7.98. The summed E-state index contributed by atoms with van der Waals surface area (Å²) in [5, 5.41) is 3.07. The summed E-state index contributed by atoms with van der Waals surface area (Å²) in [6.07, 6.45) is 5.19. The SMILES string of the molecule is CN(CCCN)c1nc(Nc2cccc(F)c2)ncc1C1CC1. The van der Waals surface area contributed by atoms with Gasteiger partial charge in [-0.15, -0.1) is 0 Å². The second-order valence-electron chi connectivity index (χ2n) is 5.95. The van der Waals surface area contributed by atoms with Gasteiger partial charge in [0.1, 0.15) is 11.6 Å². The first-order valence-corrected chi connectivity index (χ1v) is 7.98. The smallest absolute Gasteiger partial charge is 0.229 e. The summed E-state index contributed by atoms with van der Waals surface area (Å²) in [6, 6.07) is 6.29. The third-order valence-corrected chi connectivity index (χ3v) is 3.95. The van der Waals surface area contributed by atoms with Crippen molar-refractivity contribution in [3.8, 4) is 0 Å². The fraction of sp³-hybridized carbons (Fsp3) is 0.412. The Balaban J connectivity index is 1.84. The molecule has 5 nitrogen and oxygen atoms in total. The van der Waals surface area contributed by atoms with Gasteiger partial charge in [0.15, 0.2) is 0 Å². The van der Waals surface area contributed by atoms with Crippen LogP contribution in [-0.4, -0.2) is 30.1 Å². The Morgan fingerprint density at radius 2 is 2.22 bits per heavy atom. The van der Waals surface area contributed by atoms with Gasteiger partial charge in [-0.1, -0.05) is 6.07 Å². The average Bonchev–Trinajstić information content (AvgIpc) is 3.37. The Hall–Kier alpha value is -2.21. The number of hydrogen-bond donors (Lipinski definition) is 2. The quantitative estimate of drug-likeness (QED) is 0.822. The normalized spacial score (nSPS) is 13.9. The lowest BCUT2D eigenvalue weighted by molar-refractivity contribution is 0.628. The maximum absolute atomic E-state index is 13.3. The topological polar surface area (TPSA) is 67.1 Å². The molecule has 0 radical (unpaired) electrons. The molecule has 0 spiro atoms. The van der Waals surface area contributed by atoms with Crippen molar-refractivity contribution < 1.29 is 4.39 Å². The molecule has 1 saturated carbocycles. The van der Waals surface area contributed by atoms with Crippen molar-refractivity contribution in [2.75, 3.05) is 30.4 Å². The Morgan fingerprint density at radius 1 is 1.39 bits per heavy atom. The Morgan fingerprint density at radius 3 is 2.91 bits per heavy atom. The van der Waals surface area contributed by atoms with E-state index in [1.165, 1.54) is 30.5 Å². The summed E-state index contributed by atoms with van der Waals surface area (Å²) < 4.78 is 13.3. The molecule has 0 amide bonds. The van der Waals surface area contributed by atoms with Gasteiger partial charge in [0.05, 0.1) is 0 Å². The predicted molar refractivity (Wildman–Crippen MR) is 90.6 cm³/mol. The number of halogens is 1. The molecule has 6 heteroatoms. The zero-order valence-electron chi connectivity index (χ0n) is 13.3. The first kappa shape index (κ1) is 15.7. The fourth-order valence-corrected chi connectivity index (χ4v) is 2.56. The van der Waals surface area contributed by atoms with Crippen LogP contribution in [0.2, 0.25) is 0 Å². The van der Waals surface area contributed by atoms with Crippen molar-refractivity contribution in [3.63, 3.8) is 0 Å². The Kier molecular flexibility index (Phi) is 4.71. The van der Waals surface area contributed by atoms with Crippen LogP contribution >= 0.6 is 0 Å². The third kappa shape index (κ3) is 3.96. The molecular weight excluding hydrogens is 293 g/mol. The van der Waals surface area contributed by atoms with E-state index < -0.39 is 0 Å². The fourth-order valence-electron chi connectivity index (χ4n) is 2.56. The van der Waals surface area contributed by atoms with Crippen LogP contribution in [0.5, 0.6) is 0 Å². The van der Waals surface area contributed by atoms with Gasteiger partial charge < -0.3 is 16.0 Å². The number of hydrogen-bond acceptors (Lipinski definition) is 5. The van der Waals surface area contributed by atoms with E-state index >= 15 is 0 Å². The van der Waals surface area contributed by atoms with Gasteiger partial charge in [-0.25, -0.2) is 9.37 Å². The molecule has 1 aromatic carbocycles. The first-order chi connectivity index (χ1) is 11.2. The summed E-state index contributed by atoms with van der Waals surface area (Å²) in [6.45, 7) is 1.51. The molecule has 1 aromatic heterocycles. The molecule has 1 aliphatic rings. The number of nitrogens with one attached hydrogen (secondary N) is 1. The summed E-state index contributed by atoms with van der Waals surface area (Å²) in [5.41, 5.74) is 7.43. The highest BCUT2D eigenvalue weighted by atomic mass is 19.1. The number of rotatable bonds is 7. The van der Waals surface area contributed by atoms with Crippen LogP contribution in [0.4, 0.5) is 21.8 Å². The summed E-state index contributed by atoms with van der Waals surface area (Å²) in [7, 11) is 2.02. The molecule has 0 aliphatic heterocycles. The molecule has 3 N–H and O–H groups in total. The molecule has 1 heterocycles. The lowest BCUT2D eigenvalue weighted by atomic mass is 10.2. The van der Waals surface area contributed by atoms with Crippen molar-refractivity contribution in [3.05, 3.63) is 41.8 Å². The number of benzene rings is 1. The second kappa shape index (κ2) is 6.91. The highest BCUT2D eigenvalue weighted by molar-refractivity contribution is 5.57. The van der Waals surface area contributed by atoms with Crippen molar-refractivity contribution in [1.82, 2.24) is 9.97 Å². The lowest BCUT2D eigenvalue weighted by Gasteiger charge is -2.21. The molecule has 1 aliphatic carbocycles. The van der Waals surface area contributed by atoms with E-state index in [0.717, 1.165) is 18.8 Å². The zero-order valence-corrected chi connectivity index (χ0v) is 13.3. The highest BCUT2D eigenvalue weighted by Crippen LogP contribution is 2.43. The van der Waals surface area contributed by atoms with Gasteiger partial charge in [0.25, 0.3) is 0 Å². The Labute approximate surface area is 135 Å². The molecular formula is C17H22FN5. The third-order valence-electron chi connectivity index (χ3n) is 3.95. The van der Waals surface area contributed by atoms with E-state index in [4.69, 9.17) is 5.73 Å². The predicted octanol–water partition coefficient (Wildman–Crippen LogP) is 3.02. The van der Waals surface area contributed by atoms with Crippen LogP contribution in [0.3, 0.4) is 0 Å². The molecule has 0 unspecified atom stereocenters. The van der Waals surface area contributed by atoms with Crippen LogP contribution in [0.15, 0.2) is 30.5 Å². The number of anilines is 3. The molecule has 1 fully saturated rings. The number of aromatic nitrogens is 2. The highest BCUT2D eigenvalue weighted by Gasteiger charge is 2.28. The molecule has 23 heavy (non-hydrogen) atoms. The zero-order chi connectivity index (χ0) is 16.2. The molecule has 0 atom stereocenters. The van der Waals surface area contributed by atoms with Gasteiger partial charge in [0, 0.05) is 31.0 Å². The van der Waals surface area contributed by atoms with Crippen molar-refractivity contribution >= 4 is 17.5 Å². The minimum absolute atomic E-state index is 0.287. The number of nitrogens with zero attached hydrogens (tertiary/aromatic N) is 3. The molecule has 122 valence electrons. The molecule has 0 saturated heterocycles. The van der Waals surface area contributed by atoms with E-state index in [1.54, 1.807) is 12.1 Å². The largest absolute Gasteiger partial charge is 0.359 e. The minimum Gasteiger partial charge on any atom is -0.359 e. The maximum atomic E-state index is 13.3. The van der Waals surface area contributed by atoms with Crippen LogP contribution < -0.4 is 16.0 Å². The average molecular weight is 315 g/mol. The minimum atomic E-state index is -0.287. The van der Waals surface area contributed by atoms with Crippen LogP contribution in [0, 0.1) is 5.82 Å². The van der Waals surface area contributed by atoms with Crippen LogP contribution in [0.25, 0.3) is 0 Å². The van der Waals surface area contributed by atoms with E-state index in [-0.39, 0.29) is 5.82 Å². The monoisotopic (exact) mass is 315 g/mol. The lowest BCUT2D eigenvalue weighted by Crippen LogP contribution is -2.23. The van der Waals surface area contributed by atoms with Gasteiger partial charge in [-0.05, 0) is 49.9 Å². The van der Waals surface area contributed by atoms with Crippen molar-refractivity contribution in [2.24, 2.45) is 5.73 Å². The maximum Gasteiger partial charge on any atom is 0.229 e. The van der Waals surface area contributed by atoms with Crippen LogP contribution in [-0.2, 0) is 0 Å². The number of nitrogens with two attached hydrogens (primary N) is 1. The standard InChI is InChI=1S/C17H22FN5/c1-23(9-3-8-19)16-15(12-6-7-12)11-20-17(22-16)21-14-5-2-4-13(18)10-14/h2,4-5,10-12H,3,6-9,19H2,1H3,(H,20,21,22). The van der Waals surface area contributed by atoms with E-state index in [1.807, 2.05) is 13.2 Å². The van der Waals surface area contributed by atoms with Crippen molar-refractivity contribution in [1.29, 1.82) is 0 Å². The van der Waals surface area contributed by atoms with Crippen LogP contribution in [0.1, 0.15) is 30.7 Å². The van der Waals surface area contributed by atoms with Crippen molar-refractivity contribution in [2.45, 2.75) is 25.2 Å². The van der Waals surface area contributed by atoms with Gasteiger partial charge in [0.2, 0.25) is 5.95 Å². The molecule has 2 aromatic rings. The van der Waals surface area contributed by atoms with Gasteiger partial charge >= 0.3 is 0 Å². The summed E-state index contributed by atoms with van der Waals surface area (Å²) in [4.78, 5) is 11.2. The van der Waals surface area contributed by atoms with E-state index in [0.29, 0.717) is 24.1 Å². The second-order valence-corrected chi connectivity index (χ2v) is 5.95.